The standard InChI is InChI=1S/C17H13BrN2O2S/c18-15-6-8-23-16(15)17(21)20-13-4-1-5-14(9-13)22-11-12-3-2-7-19-10-12/h1-10H,11H2,(H,20,21). The zero-order chi connectivity index (χ0) is 16.1. The fourth-order valence-corrected chi connectivity index (χ4v) is 3.40. The van der Waals surface area contributed by atoms with E-state index in [0.29, 0.717) is 22.9 Å². The van der Waals surface area contributed by atoms with Crippen molar-refractivity contribution in [1.29, 1.82) is 0 Å². The van der Waals surface area contributed by atoms with Crippen molar-refractivity contribution in [3.8, 4) is 5.75 Å². The Morgan fingerprint density at radius 1 is 1.26 bits per heavy atom. The van der Waals surface area contributed by atoms with Crippen LogP contribution in [-0.4, -0.2) is 10.9 Å². The molecule has 0 saturated heterocycles. The van der Waals surface area contributed by atoms with E-state index in [1.54, 1.807) is 18.5 Å². The summed E-state index contributed by atoms with van der Waals surface area (Å²) in [4.78, 5) is 16.9. The van der Waals surface area contributed by atoms with Crippen LogP contribution in [0.2, 0.25) is 0 Å². The molecule has 0 fully saturated rings. The number of pyridine rings is 1. The molecule has 0 unspecified atom stereocenters. The van der Waals surface area contributed by atoms with Crippen LogP contribution in [0.3, 0.4) is 0 Å². The highest BCUT2D eigenvalue weighted by Gasteiger charge is 2.11. The number of aromatic nitrogens is 1. The van der Waals surface area contributed by atoms with E-state index in [1.807, 2.05) is 41.8 Å². The minimum Gasteiger partial charge on any atom is -0.489 e. The molecule has 0 saturated carbocycles. The molecule has 2 heterocycles. The molecule has 4 nitrogen and oxygen atoms in total. The zero-order valence-electron chi connectivity index (χ0n) is 12.0. The third kappa shape index (κ3) is 4.18. The summed E-state index contributed by atoms with van der Waals surface area (Å²) in [5.41, 5.74) is 1.68. The Morgan fingerprint density at radius 3 is 2.91 bits per heavy atom. The first-order chi connectivity index (χ1) is 11.2. The van der Waals surface area contributed by atoms with Gasteiger partial charge in [-0.05, 0) is 45.6 Å². The lowest BCUT2D eigenvalue weighted by molar-refractivity contribution is 0.103. The Hall–Kier alpha value is -2.18. The van der Waals surface area contributed by atoms with E-state index in [0.717, 1.165) is 10.0 Å². The van der Waals surface area contributed by atoms with E-state index in [9.17, 15) is 4.79 Å². The number of benzene rings is 1. The Kier molecular flexibility index (Phi) is 5.05. The van der Waals surface area contributed by atoms with Gasteiger partial charge in [0.25, 0.3) is 5.91 Å². The highest BCUT2D eigenvalue weighted by Crippen LogP contribution is 2.25. The number of ether oxygens (including phenoxy) is 1. The number of hydrogen-bond acceptors (Lipinski definition) is 4. The van der Waals surface area contributed by atoms with Gasteiger partial charge in [0.2, 0.25) is 0 Å². The Morgan fingerprint density at radius 2 is 2.17 bits per heavy atom. The van der Waals surface area contributed by atoms with Gasteiger partial charge in [0.15, 0.2) is 0 Å². The molecule has 23 heavy (non-hydrogen) atoms. The number of thiophene rings is 1. The van der Waals surface area contributed by atoms with E-state index in [2.05, 4.69) is 26.2 Å². The predicted octanol–water partition coefficient (Wildman–Crippen LogP) is 4.74. The number of rotatable bonds is 5. The lowest BCUT2D eigenvalue weighted by Gasteiger charge is -2.09. The van der Waals surface area contributed by atoms with E-state index in [4.69, 9.17) is 4.74 Å². The monoisotopic (exact) mass is 388 g/mol. The van der Waals surface area contributed by atoms with Crippen LogP contribution in [-0.2, 0) is 6.61 Å². The highest BCUT2D eigenvalue weighted by molar-refractivity contribution is 9.10. The predicted molar refractivity (Wildman–Crippen MR) is 95.0 cm³/mol. The highest BCUT2D eigenvalue weighted by atomic mass is 79.9. The van der Waals surface area contributed by atoms with Crippen molar-refractivity contribution in [2.24, 2.45) is 0 Å². The third-order valence-electron chi connectivity index (χ3n) is 3.04. The van der Waals surface area contributed by atoms with Crippen molar-refractivity contribution in [1.82, 2.24) is 4.98 Å². The lowest BCUT2D eigenvalue weighted by atomic mass is 10.3. The maximum absolute atomic E-state index is 12.2. The summed E-state index contributed by atoms with van der Waals surface area (Å²) in [7, 11) is 0. The van der Waals surface area contributed by atoms with Crippen molar-refractivity contribution >= 4 is 38.9 Å². The van der Waals surface area contributed by atoms with Gasteiger partial charge < -0.3 is 10.1 Å². The van der Waals surface area contributed by atoms with Gasteiger partial charge in [-0.3, -0.25) is 9.78 Å². The van der Waals surface area contributed by atoms with E-state index in [-0.39, 0.29) is 5.91 Å². The van der Waals surface area contributed by atoms with Gasteiger partial charge in [0.05, 0.1) is 0 Å². The summed E-state index contributed by atoms with van der Waals surface area (Å²) < 4.78 is 6.53. The van der Waals surface area contributed by atoms with E-state index < -0.39 is 0 Å². The second-order valence-corrected chi connectivity index (χ2v) is 6.50. The Bertz CT molecular complexity index is 805. The average Bonchev–Trinajstić information content (AvgIpc) is 3.00. The van der Waals surface area contributed by atoms with Crippen molar-refractivity contribution < 1.29 is 9.53 Å². The maximum Gasteiger partial charge on any atom is 0.266 e. The first kappa shape index (κ1) is 15.7. The molecule has 0 spiro atoms. The summed E-state index contributed by atoms with van der Waals surface area (Å²) in [6.07, 6.45) is 3.49. The van der Waals surface area contributed by atoms with Crippen molar-refractivity contribution in [3.63, 3.8) is 0 Å². The summed E-state index contributed by atoms with van der Waals surface area (Å²) in [5, 5.41) is 4.74. The number of nitrogens with one attached hydrogen (secondary N) is 1. The van der Waals surface area contributed by atoms with Gasteiger partial charge >= 0.3 is 0 Å². The Labute approximate surface area is 146 Å². The van der Waals surface area contributed by atoms with Crippen molar-refractivity contribution in [2.45, 2.75) is 6.61 Å². The molecule has 116 valence electrons. The van der Waals surface area contributed by atoms with Crippen molar-refractivity contribution in [3.05, 3.63) is 75.2 Å². The van der Waals surface area contributed by atoms with Crippen LogP contribution >= 0.6 is 27.3 Å². The van der Waals surface area contributed by atoms with E-state index in [1.165, 1.54) is 11.3 Å². The number of halogens is 1. The van der Waals surface area contributed by atoms with Gasteiger partial charge in [0.1, 0.15) is 17.2 Å². The molecule has 6 heteroatoms. The smallest absolute Gasteiger partial charge is 0.266 e. The van der Waals surface area contributed by atoms with Crippen LogP contribution in [0.1, 0.15) is 15.2 Å². The molecule has 3 aromatic rings. The van der Waals surface area contributed by atoms with Gasteiger partial charge in [-0.2, -0.15) is 0 Å². The minimum absolute atomic E-state index is 0.142. The second kappa shape index (κ2) is 7.39. The van der Waals surface area contributed by atoms with Crippen LogP contribution in [0.5, 0.6) is 5.75 Å². The molecule has 0 aliphatic rings. The first-order valence-electron chi connectivity index (χ1n) is 6.88. The molecule has 0 aliphatic carbocycles. The minimum atomic E-state index is -0.142. The normalized spacial score (nSPS) is 10.3. The van der Waals surface area contributed by atoms with Gasteiger partial charge in [-0.15, -0.1) is 11.3 Å². The molecule has 0 atom stereocenters. The summed E-state index contributed by atoms with van der Waals surface area (Å²) in [5.74, 6) is 0.549. The van der Waals surface area contributed by atoms with Gasteiger partial charge in [-0.25, -0.2) is 0 Å². The molecule has 2 aromatic heterocycles. The molecule has 1 N–H and O–H groups in total. The molecule has 0 aliphatic heterocycles. The Balaban J connectivity index is 1.65. The fourth-order valence-electron chi connectivity index (χ4n) is 1.96. The average molecular weight is 389 g/mol. The number of amides is 1. The zero-order valence-corrected chi connectivity index (χ0v) is 14.4. The van der Waals surface area contributed by atoms with Crippen molar-refractivity contribution in [2.75, 3.05) is 5.32 Å². The maximum atomic E-state index is 12.2. The number of nitrogens with zero attached hydrogens (tertiary/aromatic N) is 1. The number of carbonyl (C=O) groups excluding carboxylic acids is 1. The summed E-state index contributed by atoms with van der Waals surface area (Å²) in [6, 6.07) is 13.0. The molecule has 1 amide bonds. The van der Waals surface area contributed by atoms with Crippen LogP contribution in [0.25, 0.3) is 0 Å². The second-order valence-electron chi connectivity index (χ2n) is 4.73. The summed E-state index contributed by atoms with van der Waals surface area (Å²) in [6.45, 7) is 0.432. The van der Waals surface area contributed by atoms with Crippen LogP contribution in [0, 0.1) is 0 Å². The third-order valence-corrected chi connectivity index (χ3v) is 4.88. The molecule has 0 radical (unpaired) electrons. The topological polar surface area (TPSA) is 51.2 Å². The largest absolute Gasteiger partial charge is 0.489 e. The number of hydrogen-bond donors (Lipinski definition) is 1. The molecule has 3 rings (SSSR count). The molecule has 0 bridgehead atoms. The SMILES string of the molecule is O=C(Nc1cccc(OCc2cccnc2)c1)c1sccc1Br. The molecular formula is C17H13BrN2O2S. The van der Waals surface area contributed by atoms with Crippen LogP contribution in [0.15, 0.2) is 64.7 Å². The van der Waals surface area contributed by atoms with Gasteiger partial charge in [0, 0.05) is 34.2 Å². The quantitative estimate of drug-likeness (QED) is 0.686. The number of carbonyl (C=O) groups is 1. The van der Waals surface area contributed by atoms with Gasteiger partial charge in [-0.1, -0.05) is 12.1 Å². The van der Waals surface area contributed by atoms with Crippen LogP contribution in [0.4, 0.5) is 5.69 Å². The fraction of sp³-hybridized carbons (Fsp3) is 0.0588. The lowest BCUT2D eigenvalue weighted by Crippen LogP contribution is -2.10. The number of anilines is 1. The summed E-state index contributed by atoms with van der Waals surface area (Å²) >= 11 is 4.76. The molecule has 1 aromatic carbocycles. The van der Waals surface area contributed by atoms with Crippen LogP contribution < -0.4 is 10.1 Å². The molecular weight excluding hydrogens is 376 g/mol. The first-order valence-corrected chi connectivity index (χ1v) is 8.56. The van der Waals surface area contributed by atoms with E-state index >= 15 is 0 Å².